The van der Waals surface area contributed by atoms with Crippen LogP contribution >= 0.6 is 0 Å². The van der Waals surface area contributed by atoms with Crippen LogP contribution in [0.5, 0.6) is 5.75 Å². The van der Waals surface area contributed by atoms with Gasteiger partial charge in [0.05, 0.1) is 13.2 Å². The Labute approximate surface area is 153 Å². The molecule has 1 aromatic carbocycles. The standard InChI is InChI=1S/C18H25N5O3/c1-4-25-15-7-5-14(6-8-15)17-19-16(26-20-17)13-22-9-11-23(12-10-22)18(24)21(2)3/h5-8H,4,9-13H2,1-3H3. The molecule has 0 radical (unpaired) electrons. The van der Waals surface area contributed by atoms with Crippen molar-refractivity contribution in [3.63, 3.8) is 0 Å². The molecule has 0 bridgehead atoms. The summed E-state index contributed by atoms with van der Waals surface area (Å²) in [6, 6.07) is 7.70. The van der Waals surface area contributed by atoms with Crippen LogP contribution in [0, 0.1) is 0 Å². The number of carbonyl (C=O) groups is 1. The zero-order valence-corrected chi connectivity index (χ0v) is 15.5. The van der Waals surface area contributed by atoms with E-state index in [9.17, 15) is 4.79 Å². The number of benzene rings is 1. The summed E-state index contributed by atoms with van der Waals surface area (Å²) in [6.45, 7) is 6.18. The van der Waals surface area contributed by atoms with Gasteiger partial charge in [0.25, 0.3) is 0 Å². The molecule has 1 aromatic heterocycles. The van der Waals surface area contributed by atoms with E-state index >= 15 is 0 Å². The van der Waals surface area contributed by atoms with Gasteiger partial charge in [-0.15, -0.1) is 0 Å². The lowest BCUT2D eigenvalue weighted by molar-refractivity contribution is 0.113. The van der Waals surface area contributed by atoms with Crippen molar-refractivity contribution < 1.29 is 14.1 Å². The topological polar surface area (TPSA) is 74.9 Å². The van der Waals surface area contributed by atoms with Crippen molar-refractivity contribution in [3.8, 4) is 17.1 Å². The van der Waals surface area contributed by atoms with Crippen LogP contribution in [0.1, 0.15) is 12.8 Å². The molecule has 8 nitrogen and oxygen atoms in total. The first-order valence-corrected chi connectivity index (χ1v) is 8.81. The van der Waals surface area contributed by atoms with Crippen LogP contribution in [0.2, 0.25) is 0 Å². The Balaban J connectivity index is 1.55. The number of aromatic nitrogens is 2. The van der Waals surface area contributed by atoms with Crippen LogP contribution in [0.4, 0.5) is 4.79 Å². The minimum atomic E-state index is 0.0558. The fourth-order valence-electron chi connectivity index (χ4n) is 2.87. The molecule has 1 saturated heterocycles. The minimum absolute atomic E-state index is 0.0558. The quantitative estimate of drug-likeness (QED) is 0.812. The Morgan fingerprint density at radius 2 is 1.88 bits per heavy atom. The minimum Gasteiger partial charge on any atom is -0.494 e. The number of piperazine rings is 1. The predicted octanol–water partition coefficient (Wildman–Crippen LogP) is 1.93. The van der Waals surface area contributed by atoms with Crippen molar-refractivity contribution >= 4 is 6.03 Å². The number of hydrogen-bond acceptors (Lipinski definition) is 6. The van der Waals surface area contributed by atoms with Gasteiger partial charge in [0.2, 0.25) is 11.7 Å². The monoisotopic (exact) mass is 359 g/mol. The molecule has 2 amide bonds. The molecule has 26 heavy (non-hydrogen) atoms. The Bertz CT molecular complexity index is 721. The Hall–Kier alpha value is -2.61. The van der Waals surface area contributed by atoms with Gasteiger partial charge in [-0.25, -0.2) is 4.79 Å². The van der Waals surface area contributed by atoms with Gasteiger partial charge < -0.3 is 19.1 Å². The summed E-state index contributed by atoms with van der Waals surface area (Å²) < 4.78 is 10.8. The smallest absolute Gasteiger partial charge is 0.319 e. The van der Waals surface area contributed by atoms with Gasteiger partial charge >= 0.3 is 6.03 Å². The molecule has 8 heteroatoms. The second-order valence-electron chi connectivity index (χ2n) is 6.41. The van der Waals surface area contributed by atoms with E-state index in [1.54, 1.807) is 19.0 Å². The second kappa shape index (κ2) is 8.18. The molecular formula is C18H25N5O3. The zero-order chi connectivity index (χ0) is 18.5. The van der Waals surface area contributed by atoms with E-state index in [0.29, 0.717) is 38.0 Å². The molecule has 0 spiro atoms. The van der Waals surface area contributed by atoms with Crippen LogP contribution in [0.3, 0.4) is 0 Å². The summed E-state index contributed by atoms with van der Waals surface area (Å²) in [5, 5.41) is 4.07. The van der Waals surface area contributed by atoms with Gasteiger partial charge in [-0.3, -0.25) is 4.90 Å². The third kappa shape index (κ3) is 4.32. The first-order valence-electron chi connectivity index (χ1n) is 8.81. The molecule has 0 N–H and O–H groups in total. The normalized spacial score (nSPS) is 15.1. The average molecular weight is 359 g/mol. The summed E-state index contributed by atoms with van der Waals surface area (Å²) in [6.07, 6.45) is 0. The maximum absolute atomic E-state index is 12.0. The van der Waals surface area contributed by atoms with Crippen molar-refractivity contribution in [2.24, 2.45) is 0 Å². The van der Waals surface area contributed by atoms with Crippen LogP contribution in [0.15, 0.2) is 28.8 Å². The van der Waals surface area contributed by atoms with Crippen molar-refractivity contribution in [2.75, 3.05) is 46.9 Å². The summed E-state index contributed by atoms with van der Waals surface area (Å²) >= 11 is 0. The van der Waals surface area contributed by atoms with Gasteiger partial charge in [0.1, 0.15) is 5.75 Å². The van der Waals surface area contributed by atoms with Crippen molar-refractivity contribution in [2.45, 2.75) is 13.5 Å². The molecular weight excluding hydrogens is 334 g/mol. The number of nitrogens with zero attached hydrogens (tertiary/aromatic N) is 5. The summed E-state index contributed by atoms with van der Waals surface area (Å²) in [7, 11) is 3.55. The SMILES string of the molecule is CCOc1ccc(-c2noc(CN3CCN(C(=O)N(C)C)CC3)n2)cc1. The molecule has 1 aliphatic heterocycles. The highest BCUT2D eigenvalue weighted by Crippen LogP contribution is 2.20. The van der Waals surface area contributed by atoms with Crippen LogP contribution in [0.25, 0.3) is 11.4 Å². The molecule has 3 rings (SSSR count). The lowest BCUT2D eigenvalue weighted by Crippen LogP contribution is -2.51. The fourth-order valence-corrected chi connectivity index (χ4v) is 2.87. The maximum Gasteiger partial charge on any atom is 0.319 e. The van der Waals surface area contributed by atoms with E-state index in [0.717, 1.165) is 24.4 Å². The number of urea groups is 1. The molecule has 140 valence electrons. The summed E-state index contributed by atoms with van der Waals surface area (Å²) in [5.41, 5.74) is 0.893. The lowest BCUT2D eigenvalue weighted by atomic mass is 10.2. The van der Waals surface area contributed by atoms with Gasteiger partial charge in [0, 0.05) is 45.8 Å². The Morgan fingerprint density at radius 1 is 1.19 bits per heavy atom. The molecule has 1 fully saturated rings. The number of ether oxygens (including phenoxy) is 1. The van der Waals surface area contributed by atoms with Crippen molar-refractivity contribution in [1.29, 1.82) is 0 Å². The summed E-state index contributed by atoms with van der Waals surface area (Å²) in [5.74, 6) is 1.98. The highest BCUT2D eigenvalue weighted by molar-refractivity contribution is 5.73. The van der Waals surface area contributed by atoms with E-state index in [4.69, 9.17) is 9.26 Å². The number of amides is 2. The molecule has 2 aromatic rings. The average Bonchev–Trinajstić information content (AvgIpc) is 3.11. The van der Waals surface area contributed by atoms with E-state index in [2.05, 4.69) is 15.0 Å². The third-order valence-corrected chi connectivity index (χ3v) is 4.28. The van der Waals surface area contributed by atoms with Gasteiger partial charge in [-0.1, -0.05) is 5.16 Å². The molecule has 0 aliphatic carbocycles. The van der Waals surface area contributed by atoms with E-state index < -0.39 is 0 Å². The van der Waals surface area contributed by atoms with Crippen LogP contribution in [-0.4, -0.2) is 77.8 Å². The molecule has 0 unspecified atom stereocenters. The Morgan fingerprint density at radius 3 is 2.50 bits per heavy atom. The Kier molecular flexibility index (Phi) is 5.72. The largest absolute Gasteiger partial charge is 0.494 e. The number of rotatable bonds is 5. The maximum atomic E-state index is 12.0. The van der Waals surface area contributed by atoms with E-state index in [1.165, 1.54) is 0 Å². The van der Waals surface area contributed by atoms with E-state index in [-0.39, 0.29) is 6.03 Å². The molecule has 0 saturated carbocycles. The van der Waals surface area contributed by atoms with Gasteiger partial charge in [0.15, 0.2) is 0 Å². The van der Waals surface area contributed by atoms with Crippen LogP contribution in [-0.2, 0) is 6.54 Å². The number of hydrogen-bond donors (Lipinski definition) is 0. The first kappa shape index (κ1) is 18.2. The molecule has 2 heterocycles. The highest BCUT2D eigenvalue weighted by Gasteiger charge is 2.23. The zero-order valence-electron chi connectivity index (χ0n) is 15.5. The van der Waals surface area contributed by atoms with Gasteiger partial charge in [-0.2, -0.15) is 4.98 Å². The first-order chi connectivity index (χ1) is 12.6. The molecule has 1 aliphatic rings. The van der Waals surface area contributed by atoms with Gasteiger partial charge in [-0.05, 0) is 31.2 Å². The summed E-state index contributed by atoms with van der Waals surface area (Å²) in [4.78, 5) is 22.1. The third-order valence-electron chi connectivity index (χ3n) is 4.28. The van der Waals surface area contributed by atoms with Crippen molar-refractivity contribution in [3.05, 3.63) is 30.2 Å². The molecule has 0 atom stereocenters. The highest BCUT2D eigenvalue weighted by atomic mass is 16.5. The van der Waals surface area contributed by atoms with E-state index in [1.807, 2.05) is 36.1 Å². The number of carbonyl (C=O) groups excluding carboxylic acids is 1. The second-order valence-corrected chi connectivity index (χ2v) is 6.41. The lowest BCUT2D eigenvalue weighted by Gasteiger charge is -2.35. The van der Waals surface area contributed by atoms with Crippen LogP contribution < -0.4 is 4.74 Å². The predicted molar refractivity (Wildman–Crippen MR) is 96.8 cm³/mol. The fraction of sp³-hybridized carbons (Fsp3) is 0.500. The van der Waals surface area contributed by atoms with Crippen molar-refractivity contribution in [1.82, 2.24) is 24.8 Å².